The number of ether oxygens (including phenoxy) is 1. The molecule has 1 N–H and O–H groups in total. The van der Waals surface area contributed by atoms with Crippen LogP contribution in [0.5, 0.6) is 5.75 Å². The summed E-state index contributed by atoms with van der Waals surface area (Å²) < 4.78 is 5.19. The predicted octanol–water partition coefficient (Wildman–Crippen LogP) is 3.11. The summed E-state index contributed by atoms with van der Waals surface area (Å²) in [6.07, 6.45) is 0. The summed E-state index contributed by atoms with van der Waals surface area (Å²) >= 11 is 0. The van der Waals surface area contributed by atoms with Gasteiger partial charge in [0.15, 0.2) is 0 Å². The van der Waals surface area contributed by atoms with Crippen molar-refractivity contribution in [3.63, 3.8) is 0 Å². The zero-order chi connectivity index (χ0) is 11.9. The SMILES string of the molecule is Cc1cc(O)c(C2COC2)cc1C(C)(C)C. The highest BCUT2D eigenvalue weighted by Crippen LogP contribution is 2.36. The molecule has 0 radical (unpaired) electrons. The smallest absolute Gasteiger partial charge is 0.119 e. The molecule has 0 bridgehead atoms. The Bertz CT molecular complexity index is 398. The molecule has 1 aliphatic rings. The highest BCUT2D eigenvalue weighted by atomic mass is 16.5. The first-order valence-corrected chi connectivity index (χ1v) is 5.81. The Hall–Kier alpha value is -1.02. The monoisotopic (exact) mass is 220 g/mol. The van der Waals surface area contributed by atoms with E-state index < -0.39 is 0 Å². The molecule has 0 unspecified atom stereocenters. The lowest BCUT2D eigenvalue weighted by molar-refractivity contribution is 0.00748. The van der Waals surface area contributed by atoms with Crippen LogP contribution in [0.1, 0.15) is 43.4 Å². The minimum absolute atomic E-state index is 0.122. The van der Waals surface area contributed by atoms with Crippen LogP contribution in [-0.2, 0) is 10.2 Å². The second kappa shape index (κ2) is 3.77. The van der Waals surface area contributed by atoms with Gasteiger partial charge in [0.2, 0.25) is 0 Å². The van der Waals surface area contributed by atoms with Gasteiger partial charge in [-0.1, -0.05) is 26.8 Å². The maximum absolute atomic E-state index is 9.96. The van der Waals surface area contributed by atoms with Crippen LogP contribution in [0.3, 0.4) is 0 Å². The van der Waals surface area contributed by atoms with Crippen molar-refractivity contribution < 1.29 is 9.84 Å². The van der Waals surface area contributed by atoms with Gasteiger partial charge in [-0.15, -0.1) is 0 Å². The highest BCUT2D eigenvalue weighted by molar-refractivity contribution is 5.46. The summed E-state index contributed by atoms with van der Waals surface area (Å²) in [6, 6.07) is 4.03. The van der Waals surface area contributed by atoms with Crippen molar-refractivity contribution in [1.29, 1.82) is 0 Å². The van der Waals surface area contributed by atoms with Crippen LogP contribution in [0.25, 0.3) is 0 Å². The molecule has 0 spiro atoms. The number of hydrogen-bond donors (Lipinski definition) is 1. The topological polar surface area (TPSA) is 29.5 Å². The number of aromatic hydroxyl groups is 1. The van der Waals surface area contributed by atoms with Gasteiger partial charge < -0.3 is 9.84 Å². The predicted molar refractivity (Wildman–Crippen MR) is 65.1 cm³/mol. The number of rotatable bonds is 1. The molecule has 0 atom stereocenters. The van der Waals surface area contributed by atoms with Crippen molar-refractivity contribution in [2.45, 2.75) is 39.0 Å². The summed E-state index contributed by atoms with van der Waals surface area (Å²) in [5.41, 5.74) is 3.64. The molecule has 2 nitrogen and oxygen atoms in total. The quantitative estimate of drug-likeness (QED) is 0.788. The molecule has 0 aromatic heterocycles. The first kappa shape index (κ1) is 11.5. The minimum Gasteiger partial charge on any atom is -0.508 e. The Morgan fingerprint density at radius 2 is 1.88 bits per heavy atom. The minimum atomic E-state index is 0.122. The molecular formula is C14H20O2. The molecule has 1 aromatic carbocycles. The van der Waals surface area contributed by atoms with Crippen molar-refractivity contribution in [3.05, 3.63) is 28.8 Å². The normalized spacial score (nSPS) is 17.2. The fraction of sp³-hybridized carbons (Fsp3) is 0.571. The zero-order valence-electron chi connectivity index (χ0n) is 10.5. The molecule has 1 saturated heterocycles. The first-order chi connectivity index (χ1) is 7.39. The van der Waals surface area contributed by atoms with Gasteiger partial charge in [0.1, 0.15) is 5.75 Å². The van der Waals surface area contributed by atoms with E-state index >= 15 is 0 Å². The van der Waals surface area contributed by atoms with Gasteiger partial charge in [0.05, 0.1) is 13.2 Å². The third kappa shape index (κ3) is 1.94. The van der Waals surface area contributed by atoms with E-state index in [1.54, 1.807) is 0 Å². The molecular weight excluding hydrogens is 200 g/mol. The first-order valence-electron chi connectivity index (χ1n) is 5.81. The average Bonchev–Trinajstić information content (AvgIpc) is 2.03. The molecule has 16 heavy (non-hydrogen) atoms. The summed E-state index contributed by atoms with van der Waals surface area (Å²) in [5.74, 6) is 0.792. The molecule has 1 heterocycles. The van der Waals surface area contributed by atoms with Crippen LogP contribution in [0, 0.1) is 6.92 Å². The Morgan fingerprint density at radius 1 is 1.25 bits per heavy atom. The molecule has 88 valence electrons. The Balaban J connectivity index is 2.46. The summed E-state index contributed by atoms with van der Waals surface area (Å²) in [6.45, 7) is 10.1. The van der Waals surface area contributed by atoms with Crippen LogP contribution in [0.15, 0.2) is 12.1 Å². The lowest BCUT2D eigenvalue weighted by Crippen LogP contribution is -2.26. The number of aryl methyl sites for hydroxylation is 1. The Kier molecular flexibility index (Phi) is 2.70. The lowest BCUT2D eigenvalue weighted by Gasteiger charge is -2.30. The van der Waals surface area contributed by atoms with Crippen LogP contribution < -0.4 is 0 Å². The van der Waals surface area contributed by atoms with Gasteiger partial charge in [-0.05, 0) is 29.5 Å². The van der Waals surface area contributed by atoms with Gasteiger partial charge in [-0.3, -0.25) is 0 Å². The molecule has 1 fully saturated rings. The van der Waals surface area contributed by atoms with E-state index in [9.17, 15) is 5.11 Å². The number of phenols is 1. The van der Waals surface area contributed by atoms with Gasteiger partial charge >= 0.3 is 0 Å². The number of phenolic OH excluding ortho intramolecular Hbond substituents is 1. The largest absolute Gasteiger partial charge is 0.508 e. The highest BCUT2D eigenvalue weighted by Gasteiger charge is 2.26. The van der Waals surface area contributed by atoms with Gasteiger partial charge in [-0.25, -0.2) is 0 Å². The van der Waals surface area contributed by atoms with Gasteiger partial charge in [0, 0.05) is 11.5 Å². The summed E-state index contributed by atoms with van der Waals surface area (Å²) in [4.78, 5) is 0. The maximum Gasteiger partial charge on any atom is 0.119 e. The van der Waals surface area contributed by atoms with Crippen molar-refractivity contribution in [3.8, 4) is 5.75 Å². The molecule has 1 aromatic rings. The molecule has 1 aliphatic heterocycles. The average molecular weight is 220 g/mol. The fourth-order valence-corrected chi connectivity index (χ4v) is 2.26. The van der Waals surface area contributed by atoms with E-state index in [0.717, 1.165) is 24.3 Å². The van der Waals surface area contributed by atoms with Crippen LogP contribution in [0.4, 0.5) is 0 Å². The van der Waals surface area contributed by atoms with Crippen LogP contribution in [0.2, 0.25) is 0 Å². The summed E-state index contributed by atoms with van der Waals surface area (Å²) in [7, 11) is 0. The van der Waals surface area contributed by atoms with E-state index in [2.05, 4.69) is 33.8 Å². The van der Waals surface area contributed by atoms with Crippen molar-refractivity contribution in [2.75, 3.05) is 13.2 Å². The lowest BCUT2D eigenvalue weighted by atomic mass is 9.81. The third-order valence-electron chi connectivity index (χ3n) is 3.26. The Morgan fingerprint density at radius 3 is 2.31 bits per heavy atom. The standard InChI is InChI=1S/C14H20O2/c1-9-5-13(15)11(10-7-16-8-10)6-12(9)14(2,3)4/h5-6,10,15H,7-8H2,1-4H3. The van der Waals surface area contributed by atoms with Crippen LogP contribution >= 0.6 is 0 Å². The third-order valence-corrected chi connectivity index (χ3v) is 3.26. The van der Waals surface area contributed by atoms with Crippen LogP contribution in [-0.4, -0.2) is 18.3 Å². The van der Waals surface area contributed by atoms with E-state index in [4.69, 9.17) is 4.74 Å². The molecule has 0 aliphatic carbocycles. The second-order valence-electron chi connectivity index (χ2n) is 5.71. The molecule has 0 amide bonds. The van der Waals surface area contributed by atoms with E-state index in [-0.39, 0.29) is 5.41 Å². The van der Waals surface area contributed by atoms with E-state index in [1.807, 2.05) is 6.07 Å². The van der Waals surface area contributed by atoms with Crippen molar-refractivity contribution >= 4 is 0 Å². The van der Waals surface area contributed by atoms with Crippen molar-refractivity contribution in [2.24, 2.45) is 0 Å². The second-order valence-corrected chi connectivity index (χ2v) is 5.71. The molecule has 0 saturated carbocycles. The van der Waals surface area contributed by atoms with Gasteiger partial charge in [-0.2, -0.15) is 0 Å². The zero-order valence-corrected chi connectivity index (χ0v) is 10.5. The molecule has 2 heteroatoms. The fourth-order valence-electron chi connectivity index (χ4n) is 2.26. The Labute approximate surface area is 97.3 Å². The van der Waals surface area contributed by atoms with Gasteiger partial charge in [0.25, 0.3) is 0 Å². The maximum atomic E-state index is 9.96. The number of benzene rings is 1. The van der Waals surface area contributed by atoms with Crippen molar-refractivity contribution in [1.82, 2.24) is 0 Å². The number of hydrogen-bond acceptors (Lipinski definition) is 2. The summed E-state index contributed by atoms with van der Waals surface area (Å²) in [5, 5.41) is 9.96. The molecule has 2 rings (SSSR count). The van der Waals surface area contributed by atoms with E-state index in [1.165, 1.54) is 5.56 Å². The van der Waals surface area contributed by atoms with E-state index in [0.29, 0.717) is 11.7 Å².